The number of hydrogen-bond donors (Lipinski definition) is 1. The molecule has 1 saturated carbocycles. The van der Waals surface area contributed by atoms with Crippen molar-refractivity contribution in [3.8, 4) is 0 Å². The molecule has 0 aromatic heterocycles. The molecule has 1 fully saturated rings. The van der Waals surface area contributed by atoms with Gasteiger partial charge in [-0.25, -0.2) is 4.39 Å². The van der Waals surface area contributed by atoms with Crippen LogP contribution in [0.1, 0.15) is 19.3 Å². The Bertz CT molecular complexity index is 336. The Balaban J connectivity index is 1.97. The summed E-state index contributed by atoms with van der Waals surface area (Å²) in [5.41, 5.74) is 7.10. The van der Waals surface area contributed by atoms with Crippen LogP contribution in [0, 0.1) is 11.7 Å². The van der Waals surface area contributed by atoms with E-state index in [-0.39, 0.29) is 5.82 Å². The van der Waals surface area contributed by atoms with E-state index in [1.54, 1.807) is 0 Å². The third-order valence-corrected chi connectivity index (χ3v) is 3.49. The van der Waals surface area contributed by atoms with Gasteiger partial charge in [0.1, 0.15) is 5.82 Å². The predicted octanol–water partition coefficient (Wildman–Crippen LogP) is 2.39. The Hall–Kier alpha value is -1.09. The average Bonchev–Trinajstić information content (AvgIpc) is 2.65. The number of nitrogens with zero attached hydrogens (tertiary/aromatic N) is 1. The van der Waals surface area contributed by atoms with Crippen molar-refractivity contribution in [1.82, 2.24) is 0 Å². The summed E-state index contributed by atoms with van der Waals surface area (Å²) < 4.78 is 12.8. The van der Waals surface area contributed by atoms with Gasteiger partial charge in [-0.2, -0.15) is 0 Å². The minimum atomic E-state index is -0.185. The van der Waals surface area contributed by atoms with Gasteiger partial charge in [0.15, 0.2) is 0 Å². The van der Waals surface area contributed by atoms with Crippen molar-refractivity contribution in [3.63, 3.8) is 0 Å². The Morgan fingerprint density at radius 3 is 2.56 bits per heavy atom. The molecule has 0 spiro atoms. The van der Waals surface area contributed by atoms with Gasteiger partial charge in [0.25, 0.3) is 0 Å². The summed E-state index contributed by atoms with van der Waals surface area (Å²) in [5.74, 6) is 0.393. The SMILES string of the molecule is CN(CC1CCCC1N)c1ccc(F)cc1. The highest BCUT2D eigenvalue weighted by Crippen LogP contribution is 2.26. The molecule has 1 aromatic rings. The molecule has 88 valence electrons. The van der Waals surface area contributed by atoms with Gasteiger partial charge in [-0.3, -0.25) is 0 Å². The van der Waals surface area contributed by atoms with E-state index in [2.05, 4.69) is 4.90 Å². The first kappa shape index (κ1) is 11.4. The molecule has 2 nitrogen and oxygen atoms in total. The first-order chi connectivity index (χ1) is 7.66. The highest BCUT2D eigenvalue weighted by Gasteiger charge is 2.24. The maximum atomic E-state index is 12.8. The molecule has 0 saturated heterocycles. The quantitative estimate of drug-likeness (QED) is 0.851. The number of hydrogen-bond acceptors (Lipinski definition) is 2. The smallest absolute Gasteiger partial charge is 0.123 e. The molecule has 16 heavy (non-hydrogen) atoms. The lowest BCUT2D eigenvalue weighted by Gasteiger charge is -2.25. The summed E-state index contributed by atoms with van der Waals surface area (Å²) >= 11 is 0. The van der Waals surface area contributed by atoms with Crippen LogP contribution in [0.15, 0.2) is 24.3 Å². The van der Waals surface area contributed by atoms with Crippen LogP contribution in [0.5, 0.6) is 0 Å². The van der Waals surface area contributed by atoms with E-state index in [9.17, 15) is 4.39 Å². The second kappa shape index (κ2) is 4.83. The van der Waals surface area contributed by atoms with E-state index < -0.39 is 0 Å². The van der Waals surface area contributed by atoms with Crippen LogP contribution < -0.4 is 10.6 Å². The molecule has 1 aromatic carbocycles. The van der Waals surface area contributed by atoms with Crippen molar-refractivity contribution in [2.75, 3.05) is 18.5 Å². The van der Waals surface area contributed by atoms with E-state index in [4.69, 9.17) is 5.73 Å². The fourth-order valence-corrected chi connectivity index (χ4v) is 2.44. The minimum Gasteiger partial charge on any atom is -0.374 e. The van der Waals surface area contributed by atoms with E-state index in [1.165, 1.54) is 25.0 Å². The van der Waals surface area contributed by atoms with Gasteiger partial charge < -0.3 is 10.6 Å². The molecule has 2 rings (SSSR count). The zero-order valence-electron chi connectivity index (χ0n) is 9.70. The van der Waals surface area contributed by atoms with Crippen LogP contribution in [0.3, 0.4) is 0 Å². The summed E-state index contributed by atoms with van der Waals surface area (Å²) in [6.07, 6.45) is 3.59. The summed E-state index contributed by atoms with van der Waals surface area (Å²) in [6.45, 7) is 0.965. The van der Waals surface area contributed by atoms with Crippen LogP contribution in [0.2, 0.25) is 0 Å². The first-order valence-corrected chi connectivity index (χ1v) is 5.89. The molecule has 0 radical (unpaired) electrons. The van der Waals surface area contributed by atoms with Crippen LogP contribution in [-0.2, 0) is 0 Å². The number of anilines is 1. The molecular formula is C13H19FN2. The summed E-state index contributed by atoms with van der Waals surface area (Å²) in [6, 6.07) is 6.97. The van der Waals surface area contributed by atoms with Crippen LogP contribution >= 0.6 is 0 Å². The lowest BCUT2D eigenvalue weighted by molar-refractivity contribution is 0.482. The maximum absolute atomic E-state index is 12.8. The molecule has 1 aliphatic carbocycles. The van der Waals surface area contributed by atoms with Gasteiger partial charge >= 0.3 is 0 Å². The monoisotopic (exact) mass is 222 g/mol. The Kier molecular flexibility index (Phi) is 3.44. The van der Waals surface area contributed by atoms with Crippen molar-refractivity contribution in [2.45, 2.75) is 25.3 Å². The van der Waals surface area contributed by atoms with Crippen LogP contribution in [-0.4, -0.2) is 19.6 Å². The normalized spacial score (nSPS) is 24.7. The topological polar surface area (TPSA) is 29.3 Å². The second-order valence-corrected chi connectivity index (χ2v) is 4.71. The summed E-state index contributed by atoms with van der Waals surface area (Å²) in [4.78, 5) is 2.16. The van der Waals surface area contributed by atoms with Gasteiger partial charge in [-0.05, 0) is 43.0 Å². The number of halogens is 1. The lowest BCUT2D eigenvalue weighted by Crippen LogP contribution is -2.34. The lowest BCUT2D eigenvalue weighted by atomic mass is 10.0. The maximum Gasteiger partial charge on any atom is 0.123 e. The van der Waals surface area contributed by atoms with E-state index >= 15 is 0 Å². The standard InChI is InChI=1S/C13H19FN2/c1-16(9-10-3-2-4-13(10)15)12-7-5-11(14)6-8-12/h5-8,10,13H,2-4,9,15H2,1H3. The molecule has 2 N–H and O–H groups in total. The molecule has 0 aliphatic heterocycles. The van der Waals surface area contributed by atoms with Crippen molar-refractivity contribution >= 4 is 5.69 Å². The minimum absolute atomic E-state index is 0.185. The highest BCUT2D eigenvalue weighted by atomic mass is 19.1. The molecule has 0 amide bonds. The zero-order chi connectivity index (χ0) is 11.5. The molecule has 2 atom stereocenters. The number of rotatable bonds is 3. The van der Waals surface area contributed by atoms with E-state index in [1.807, 2.05) is 19.2 Å². The third kappa shape index (κ3) is 2.53. The average molecular weight is 222 g/mol. The highest BCUT2D eigenvalue weighted by molar-refractivity contribution is 5.45. The molecular weight excluding hydrogens is 203 g/mol. The van der Waals surface area contributed by atoms with E-state index in [0.717, 1.165) is 18.7 Å². The van der Waals surface area contributed by atoms with Gasteiger partial charge in [0, 0.05) is 25.3 Å². The van der Waals surface area contributed by atoms with Gasteiger partial charge in [0.05, 0.1) is 0 Å². The Labute approximate surface area is 96.2 Å². The fraction of sp³-hybridized carbons (Fsp3) is 0.538. The molecule has 2 unspecified atom stereocenters. The molecule has 3 heteroatoms. The zero-order valence-corrected chi connectivity index (χ0v) is 9.70. The molecule has 1 aliphatic rings. The van der Waals surface area contributed by atoms with Crippen LogP contribution in [0.4, 0.5) is 10.1 Å². The largest absolute Gasteiger partial charge is 0.374 e. The van der Waals surface area contributed by atoms with Gasteiger partial charge in [-0.1, -0.05) is 6.42 Å². The van der Waals surface area contributed by atoms with Crippen molar-refractivity contribution < 1.29 is 4.39 Å². The van der Waals surface area contributed by atoms with Gasteiger partial charge in [-0.15, -0.1) is 0 Å². The second-order valence-electron chi connectivity index (χ2n) is 4.71. The number of benzene rings is 1. The third-order valence-electron chi connectivity index (χ3n) is 3.49. The summed E-state index contributed by atoms with van der Waals surface area (Å²) in [5, 5.41) is 0. The summed E-state index contributed by atoms with van der Waals surface area (Å²) in [7, 11) is 2.04. The van der Waals surface area contributed by atoms with Crippen LogP contribution in [0.25, 0.3) is 0 Å². The molecule has 0 heterocycles. The Morgan fingerprint density at radius 1 is 1.31 bits per heavy atom. The van der Waals surface area contributed by atoms with Crippen molar-refractivity contribution in [2.24, 2.45) is 11.7 Å². The number of nitrogens with two attached hydrogens (primary N) is 1. The van der Waals surface area contributed by atoms with Crippen molar-refractivity contribution in [3.05, 3.63) is 30.1 Å². The molecule has 0 bridgehead atoms. The fourth-order valence-electron chi connectivity index (χ4n) is 2.44. The van der Waals surface area contributed by atoms with E-state index in [0.29, 0.717) is 12.0 Å². The van der Waals surface area contributed by atoms with Gasteiger partial charge in [0.2, 0.25) is 0 Å². The van der Waals surface area contributed by atoms with Crippen molar-refractivity contribution in [1.29, 1.82) is 0 Å². The predicted molar refractivity (Wildman–Crippen MR) is 65.0 cm³/mol. The first-order valence-electron chi connectivity index (χ1n) is 5.89. The Morgan fingerprint density at radius 2 is 2.00 bits per heavy atom.